The Labute approximate surface area is 163 Å². The summed E-state index contributed by atoms with van der Waals surface area (Å²) in [4.78, 5) is 14.7. The molecule has 0 saturated carbocycles. The molecular formula is C18H31Cl2N3O2. The summed E-state index contributed by atoms with van der Waals surface area (Å²) in [6.07, 6.45) is 2.05. The van der Waals surface area contributed by atoms with Gasteiger partial charge in [0.05, 0.1) is 6.61 Å². The number of halogens is 2. The van der Waals surface area contributed by atoms with Gasteiger partial charge in [0.1, 0.15) is 6.04 Å². The van der Waals surface area contributed by atoms with Gasteiger partial charge in [-0.2, -0.15) is 0 Å². The highest BCUT2D eigenvalue weighted by Crippen LogP contribution is 2.28. The molecule has 1 aliphatic rings. The summed E-state index contributed by atoms with van der Waals surface area (Å²) >= 11 is 0. The average molecular weight is 392 g/mol. The lowest BCUT2D eigenvalue weighted by molar-refractivity contribution is -0.126. The first-order valence-corrected chi connectivity index (χ1v) is 8.27. The summed E-state index contributed by atoms with van der Waals surface area (Å²) in [6, 6.07) is 9.64. The lowest BCUT2D eigenvalue weighted by atomic mass is 9.79. The van der Waals surface area contributed by atoms with Crippen molar-refractivity contribution in [3.05, 3.63) is 35.9 Å². The number of hydrogen-bond donors (Lipinski definition) is 2. The normalized spacial score (nSPS) is 17.1. The van der Waals surface area contributed by atoms with E-state index in [9.17, 15) is 4.79 Å². The maximum Gasteiger partial charge on any atom is 0.241 e. The van der Waals surface area contributed by atoms with E-state index in [1.165, 1.54) is 0 Å². The van der Waals surface area contributed by atoms with Gasteiger partial charge < -0.3 is 15.4 Å². The zero-order valence-corrected chi connectivity index (χ0v) is 16.9. The molecule has 0 bridgehead atoms. The van der Waals surface area contributed by atoms with Crippen LogP contribution in [0.4, 0.5) is 0 Å². The number of rotatable bonds is 7. The maximum atomic E-state index is 12.8. The third-order valence-corrected chi connectivity index (χ3v) is 4.63. The molecule has 2 N–H and O–H groups in total. The molecule has 1 amide bonds. The second-order valence-corrected chi connectivity index (χ2v) is 6.68. The fraction of sp³-hybridized carbons (Fsp3) is 0.611. The van der Waals surface area contributed by atoms with Gasteiger partial charge in [-0.15, -0.1) is 24.8 Å². The lowest BCUT2D eigenvalue weighted by Gasteiger charge is -2.37. The Morgan fingerprint density at radius 1 is 1.24 bits per heavy atom. The lowest BCUT2D eigenvalue weighted by Crippen LogP contribution is -2.49. The third kappa shape index (κ3) is 6.76. The third-order valence-electron chi connectivity index (χ3n) is 4.63. The van der Waals surface area contributed by atoms with Gasteiger partial charge in [-0.25, -0.2) is 0 Å². The number of hydrogen-bond acceptors (Lipinski definition) is 4. The van der Waals surface area contributed by atoms with Gasteiger partial charge >= 0.3 is 0 Å². The van der Waals surface area contributed by atoms with E-state index in [4.69, 9.17) is 4.74 Å². The molecule has 7 heteroatoms. The summed E-state index contributed by atoms with van der Waals surface area (Å²) < 4.78 is 5.42. The number of nitrogens with one attached hydrogen (secondary N) is 2. The summed E-state index contributed by atoms with van der Waals surface area (Å²) in [5.74, 6) is 0.0511. The fourth-order valence-corrected chi connectivity index (χ4v) is 3.33. The number of methoxy groups -OCH3 is 1. The molecule has 5 nitrogen and oxygen atoms in total. The number of amides is 1. The van der Waals surface area contributed by atoms with Crippen molar-refractivity contribution in [2.24, 2.45) is 5.41 Å². The predicted molar refractivity (Wildman–Crippen MR) is 107 cm³/mol. The predicted octanol–water partition coefficient (Wildman–Crippen LogP) is 2.27. The first-order chi connectivity index (χ1) is 11.1. The van der Waals surface area contributed by atoms with Crippen LogP contribution in [-0.2, 0) is 9.53 Å². The molecule has 1 atom stereocenters. The van der Waals surface area contributed by atoms with E-state index in [0.717, 1.165) is 31.5 Å². The Kier molecular flexibility index (Phi) is 11.3. The molecule has 144 valence electrons. The second kappa shape index (κ2) is 11.7. The molecule has 0 aliphatic carbocycles. The topological polar surface area (TPSA) is 53.6 Å². The van der Waals surface area contributed by atoms with Gasteiger partial charge in [0.2, 0.25) is 5.91 Å². The minimum Gasteiger partial charge on any atom is -0.384 e. The van der Waals surface area contributed by atoms with Crippen LogP contribution in [0.3, 0.4) is 0 Å². The van der Waals surface area contributed by atoms with Crippen LogP contribution in [0.25, 0.3) is 0 Å². The number of nitrogens with zero attached hydrogens (tertiary/aromatic N) is 1. The minimum atomic E-state index is -0.266. The van der Waals surface area contributed by atoms with Crippen LogP contribution in [0.1, 0.15) is 24.4 Å². The molecule has 1 saturated heterocycles. The average Bonchev–Trinajstić information content (AvgIpc) is 2.55. The van der Waals surface area contributed by atoms with Crippen LogP contribution in [0.2, 0.25) is 0 Å². The van der Waals surface area contributed by atoms with Crippen molar-refractivity contribution in [3.8, 4) is 0 Å². The zero-order valence-electron chi connectivity index (χ0n) is 15.3. The molecule has 2 rings (SSSR count). The van der Waals surface area contributed by atoms with Crippen LogP contribution in [0.15, 0.2) is 30.3 Å². The number of likely N-dealkylation sites (N-methyl/N-ethyl adjacent to an activating group) is 1. The number of ether oxygens (including phenoxy) is 1. The molecule has 25 heavy (non-hydrogen) atoms. The number of carbonyl (C=O) groups is 1. The van der Waals surface area contributed by atoms with E-state index >= 15 is 0 Å². The summed E-state index contributed by atoms with van der Waals surface area (Å²) in [5.41, 5.74) is 1.06. The van der Waals surface area contributed by atoms with Gasteiger partial charge in [-0.05, 0) is 45.6 Å². The van der Waals surface area contributed by atoms with Gasteiger partial charge in [0, 0.05) is 19.1 Å². The van der Waals surface area contributed by atoms with Crippen LogP contribution >= 0.6 is 24.8 Å². The van der Waals surface area contributed by atoms with Crippen molar-refractivity contribution >= 4 is 30.7 Å². The van der Waals surface area contributed by atoms with Crippen LogP contribution in [0, 0.1) is 5.41 Å². The van der Waals surface area contributed by atoms with Crippen molar-refractivity contribution in [2.45, 2.75) is 18.9 Å². The highest BCUT2D eigenvalue weighted by Gasteiger charge is 2.33. The van der Waals surface area contributed by atoms with E-state index in [1.54, 1.807) is 7.11 Å². The Balaban J connectivity index is 0.00000288. The first-order valence-electron chi connectivity index (χ1n) is 8.27. The Morgan fingerprint density at radius 2 is 1.84 bits per heavy atom. The monoisotopic (exact) mass is 391 g/mol. The van der Waals surface area contributed by atoms with E-state index < -0.39 is 0 Å². The fourth-order valence-electron chi connectivity index (χ4n) is 3.33. The molecule has 0 radical (unpaired) electrons. The van der Waals surface area contributed by atoms with E-state index in [-0.39, 0.29) is 42.2 Å². The molecule has 0 aromatic heterocycles. The molecule has 1 aromatic rings. The summed E-state index contributed by atoms with van der Waals surface area (Å²) in [7, 11) is 5.61. The zero-order chi connectivity index (χ0) is 16.7. The number of carbonyl (C=O) groups excluding carboxylic acids is 1. The Bertz CT molecular complexity index is 489. The van der Waals surface area contributed by atoms with Gasteiger partial charge in [0.15, 0.2) is 0 Å². The highest BCUT2D eigenvalue weighted by molar-refractivity contribution is 5.85. The van der Waals surface area contributed by atoms with Gasteiger partial charge in [-0.1, -0.05) is 30.3 Å². The molecule has 1 unspecified atom stereocenters. The molecular weight excluding hydrogens is 361 g/mol. The van der Waals surface area contributed by atoms with E-state index in [2.05, 4.69) is 10.6 Å². The standard InChI is InChI=1S/C18H29N3O2.2ClH/c1-21(2)16(15-7-5-4-6-8-15)17(22)20-13-18(14-23-3)9-11-19-12-10-18;;/h4-8,16,19H,9-14H2,1-3H3,(H,20,22);2*1H. The molecule has 1 heterocycles. The van der Waals surface area contributed by atoms with Crippen molar-refractivity contribution in [2.75, 3.05) is 47.4 Å². The van der Waals surface area contributed by atoms with Crippen molar-refractivity contribution < 1.29 is 9.53 Å². The van der Waals surface area contributed by atoms with Gasteiger partial charge in [-0.3, -0.25) is 9.69 Å². The van der Waals surface area contributed by atoms with Gasteiger partial charge in [0.25, 0.3) is 0 Å². The first kappa shape index (κ1) is 24.1. The SMILES string of the molecule is COCC1(CNC(=O)C(c2ccccc2)N(C)C)CCNCC1.Cl.Cl. The molecule has 1 aromatic carbocycles. The summed E-state index contributed by atoms with van der Waals surface area (Å²) in [5, 5.41) is 6.55. The molecule has 0 spiro atoms. The van der Waals surface area contributed by atoms with Crippen molar-refractivity contribution in [1.29, 1.82) is 0 Å². The quantitative estimate of drug-likeness (QED) is 0.748. The largest absolute Gasteiger partial charge is 0.384 e. The number of piperidine rings is 1. The van der Waals surface area contributed by atoms with Crippen molar-refractivity contribution in [3.63, 3.8) is 0 Å². The van der Waals surface area contributed by atoms with Crippen molar-refractivity contribution in [1.82, 2.24) is 15.5 Å². The van der Waals surface area contributed by atoms with Crippen LogP contribution < -0.4 is 10.6 Å². The van der Waals surface area contributed by atoms with E-state index in [1.807, 2.05) is 49.3 Å². The molecule has 1 fully saturated rings. The molecule has 1 aliphatic heterocycles. The second-order valence-electron chi connectivity index (χ2n) is 6.68. The Hall–Kier alpha value is -0.850. The van der Waals surface area contributed by atoms with E-state index in [0.29, 0.717) is 13.2 Å². The highest BCUT2D eigenvalue weighted by atomic mass is 35.5. The minimum absolute atomic E-state index is 0. The van der Waals surface area contributed by atoms with Crippen LogP contribution in [-0.4, -0.2) is 58.3 Å². The maximum absolute atomic E-state index is 12.8. The Morgan fingerprint density at radius 3 is 2.36 bits per heavy atom. The number of benzene rings is 1. The summed E-state index contributed by atoms with van der Waals surface area (Å²) in [6.45, 7) is 3.31. The van der Waals surface area contributed by atoms with Crippen LogP contribution in [0.5, 0.6) is 0 Å². The smallest absolute Gasteiger partial charge is 0.241 e.